The third-order valence-electron chi connectivity index (χ3n) is 3.32. The van der Waals surface area contributed by atoms with Crippen molar-refractivity contribution in [1.82, 2.24) is 24.8 Å². The molecule has 1 aliphatic rings. The van der Waals surface area contributed by atoms with Crippen LogP contribution in [0.2, 0.25) is 0 Å². The fourth-order valence-electron chi connectivity index (χ4n) is 2.10. The summed E-state index contributed by atoms with van der Waals surface area (Å²) in [6.45, 7) is 0. The minimum atomic E-state index is 0.578. The summed E-state index contributed by atoms with van der Waals surface area (Å²) in [6.07, 6.45) is 6.51. The lowest BCUT2D eigenvalue weighted by atomic mass is 9.93. The van der Waals surface area contributed by atoms with Gasteiger partial charge in [-0.3, -0.25) is 4.68 Å². The maximum Gasteiger partial charge on any atom is 0.147 e. The van der Waals surface area contributed by atoms with Crippen molar-refractivity contribution in [3.05, 3.63) is 25.8 Å². The first kappa shape index (κ1) is 12.6. The number of hydrogen-bond acceptors (Lipinski definition) is 3. The summed E-state index contributed by atoms with van der Waals surface area (Å²) >= 11 is 5.88. The number of rotatable bonds is 3. The van der Waals surface area contributed by atoms with Crippen LogP contribution in [-0.2, 0) is 13.5 Å². The largest absolute Gasteiger partial charge is 0.255 e. The van der Waals surface area contributed by atoms with E-state index < -0.39 is 0 Å². The number of nitrogens with zero attached hydrogens (tertiary/aromatic N) is 5. The van der Waals surface area contributed by atoms with Crippen molar-refractivity contribution in [3.8, 4) is 0 Å². The first-order chi connectivity index (χ1) is 8.65. The number of aromatic nitrogens is 5. The molecule has 0 N–H and O–H groups in total. The average molecular weight is 422 g/mol. The fraction of sp³-hybridized carbons (Fsp3) is 0.545. The Hall–Kier alpha value is -0.440. The zero-order valence-corrected chi connectivity index (χ0v) is 13.7. The normalized spacial score (nSPS) is 15.9. The Morgan fingerprint density at radius 2 is 2.22 bits per heavy atom. The van der Waals surface area contributed by atoms with Gasteiger partial charge in [-0.25, -0.2) is 0 Å². The standard InChI is InChI=1S/C11H13BrIN5/c1-17-15-9(11(13)16-17)5-7-6-14-18(10(7)12)8-3-2-4-8/h6,8H,2-5H2,1H3. The van der Waals surface area contributed by atoms with E-state index in [1.165, 1.54) is 24.8 Å². The Morgan fingerprint density at radius 1 is 1.44 bits per heavy atom. The Kier molecular flexibility index (Phi) is 3.44. The highest BCUT2D eigenvalue weighted by Crippen LogP contribution is 2.34. The van der Waals surface area contributed by atoms with E-state index in [1.54, 1.807) is 4.80 Å². The summed E-state index contributed by atoms with van der Waals surface area (Å²) in [7, 11) is 1.85. The summed E-state index contributed by atoms with van der Waals surface area (Å²) in [5.41, 5.74) is 2.19. The molecule has 0 unspecified atom stereocenters. The highest BCUT2D eigenvalue weighted by molar-refractivity contribution is 14.1. The van der Waals surface area contributed by atoms with Crippen LogP contribution in [0.25, 0.3) is 0 Å². The molecule has 1 saturated carbocycles. The van der Waals surface area contributed by atoms with E-state index in [9.17, 15) is 0 Å². The van der Waals surface area contributed by atoms with Gasteiger partial charge < -0.3 is 0 Å². The van der Waals surface area contributed by atoms with Crippen LogP contribution >= 0.6 is 38.5 Å². The zero-order chi connectivity index (χ0) is 12.7. The molecule has 2 aromatic rings. The van der Waals surface area contributed by atoms with Crippen molar-refractivity contribution in [3.63, 3.8) is 0 Å². The van der Waals surface area contributed by atoms with Gasteiger partial charge in [-0.05, 0) is 57.8 Å². The van der Waals surface area contributed by atoms with Gasteiger partial charge in [0.15, 0.2) is 0 Å². The molecule has 0 saturated heterocycles. The van der Waals surface area contributed by atoms with Gasteiger partial charge in [0.1, 0.15) is 14.0 Å². The Balaban J connectivity index is 1.84. The van der Waals surface area contributed by atoms with Gasteiger partial charge in [-0.2, -0.15) is 15.0 Å². The smallest absolute Gasteiger partial charge is 0.147 e. The van der Waals surface area contributed by atoms with Crippen LogP contribution < -0.4 is 0 Å². The summed E-state index contributed by atoms with van der Waals surface area (Å²) in [6, 6.07) is 0.578. The summed E-state index contributed by atoms with van der Waals surface area (Å²) in [5.74, 6) is 0. The topological polar surface area (TPSA) is 48.5 Å². The summed E-state index contributed by atoms with van der Waals surface area (Å²) in [4.78, 5) is 1.61. The zero-order valence-electron chi connectivity index (χ0n) is 9.98. The highest BCUT2D eigenvalue weighted by atomic mass is 127. The molecule has 0 aromatic carbocycles. The molecule has 7 heteroatoms. The second-order valence-corrected chi connectivity index (χ2v) is 6.37. The quantitative estimate of drug-likeness (QED) is 0.716. The third-order valence-corrected chi connectivity index (χ3v) is 5.03. The Labute approximate surface area is 127 Å². The Bertz CT molecular complexity index is 572. The third kappa shape index (κ3) is 2.22. The van der Waals surface area contributed by atoms with Crippen LogP contribution in [-0.4, -0.2) is 24.8 Å². The number of hydrogen-bond donors (Lipinski definition) is 0. The van der Waals surface area contributed by atoms with Gasteiger partial charge in [-0.15, -0.1) is 5.10 Å². The molecule has 0 radical (unpaired) electrons. The molecular formula is C11H13BrIN5. The molecule has 2 aromatic heterocycles. The van der Waals surface area contributed by atoms with Crippen molar-refractivity contribution in [2.75, 3.05) is 0 Å². The highest BCUT2D eigenvalue weighted by Gasteiger charge is 2.23. The van der Waals surface area contributed by atoms with Crippen molar-refractivity contribution < 1.29 is 0 Å². The van der Waals surface area contributed by atoms with E-state index >= 15 is 0 Å². The van der Waals surface area contributed by atoms with Crippen molar-refractivity contribution in [2.24, 2.45) is 7.05 Å². The van der Waals surface area contributed by atoms with E-state index in [2.05, 4.69) is 58.5 Å². The van der Waals surface area contributed by atoms with Crippen LogP contribution in [0.4, 0.5) is 0 Å². The lowest BCUT2D eigenvalue weighted by Gasteiger charge is -2.26. The molecule has 0 aliphatic heterocycles. The van der Waals surface area contributed by atoms with Crippen LogP contribution in [0.5, 0.6) is 0 Å². The van der Waals surface area contributed by atoms with Gasteiger partial charge in [0.05, 0.1) is 12.2 Å². The van der Waals surface area contributed by atoms with Crippen LogP contribution in [0.1, 0.15) is 36.6 Å². The summed E-state index contributed by atoms with van der Waals surface area (Å²) in [5, 5.41) is 13.1. The molecule has 96 valence electrons. The molecule has 0 spiro atoms. The minimum Gasteiger partial charge on any atom is -0.255 e. The van der Waals surface area contributed by atoms with Gasteiger partial charge in [0.2, 0.25) is 0 Å². The number of aryl methyl sites for hydroxylation is 1. The fourth-order valence-corrected chi connectivity index (χ4v) is 3.33. The SMILES string of the molecule is Cn1nc(I)c(Cc2cnn(C3CCC3)c2Br)n1. The molecule has 3 rings (SSSR count). The predicted octanol–water partition coefficient (Wildman–Crippen LogP) is 2.69. The maximum absolute atomic E-state index is 4.48. The lowest BCUT2D eigenvalue weighted by molar-refractivity contribution is 0.285. The molecule has 0 amide bonds. The molecule has 0 atom stereocenters. The van der Waals surface area contributed by atoms with Crippen molar-refractivity contribution in [2.45, 2.75) is 31.7 Å². The maximum atomic E-state index is 4.48. The summed E-state index contributed by atoms with van der Waals surface area (Å²) < 4.78 is 4.15. The van der Waals surface area contributed by atoms with Gasteiger partial charge in [0, 0.05) is 19.0 Å². The van der Waals surface area contributed by atoms with E-state index in [0.717, 1.165) is 20.4 Å². The van der Waals surface area contributed by atoms with E-state index in [1.807, 2.05) is 13.2 Å². The van der Waals surface area contributed by atoms with Crippen LogP contribution in [0.3, 0.4) is 0 Å². The Morgan fingerprint density at radius 3 is 2.78 bits per heavy atom. The molecule has 2 heterocycles. The monoisotopic (exact) mass is 421 g/mol. The molecule has 0 bridgehead atoms. The van der Waals surface area contributed by atoms with Gasteiger partial charge >= 0.3 is 0 Å². The van der Waals surface area contributed by atoms with Crippen molar-refractivity contribution in [1.29, 1.82) is 0 Å². The number of halogens is 2. The van der Waals surface area contributed by atoms with Gasteiger partial charge in [0.25, 0.3) is 0 Å². The second-order valence-electron chi connectivity index (χ2n) is 4.59. The first-order valence-corrected chi connectivity index (χ1v) is 7.80. The molecule has 18 heavy (non-hydrogen) atoms. The van der Waals surface area contributed by atoms with Crippen LogP contribution in [0.15, 0.2) is 10.8 Å². The average Bonchev–Trinajstić information content (AvgIpc) is 2.73. The first-order valence-electron chi connectivity index (χ1n) is 5.92. The minimum absolute atomic E-state index is 0.578. The van der Waals surface area contributed by atoms with E-state index in [4.69, 9.17) is 0 Å². The lowest BCUT2D eigenvalue weighted by Crippen LogP contribution is -2.18. The predicted molar refractivity (Wildman–Crippen MR) is 79.3 cm³/mol. The van der Waals surface area contributed by atoms with Crippen molar-refractivity contribution >= 4 is 38.5 Å². The van der Waals surface area contributed by atoms with Crippen LogP contribution in [0, 0.1) is 3.70 Å². The molecule has 1 aliphatic carbocycles. The van der Waals surface area contributed by atoms with E-state index in [-0.39, 0.29) is 0 Å². The molecule has 1 fully saturated rings. The van der Waals surface area contributed by atoms with E-state index in [0.29, 0.717) is 6.04 Å². The second kappa shape index (κ2) is 4.92. The molecular weight excluding hydrogens is 409 g/mol. The van der Waals surface area contributed by atoms with Gasteiger partial charge in [-0.1, -0.05) is 0 Å². The molecule has 5 nitrogen and oxygen atoms in total.